The zero-order chi connectivity index (χ0) is 19.6. The minimum atomic E-state index is -4.32. The first-order valence-corrected chi connectivity index (χ1v) is 8.78. The maximum atomic E-state index is 12.6. The Kier molecular flexibility index (Phi) is 5.41. The van der Waals surface area contributed by atoms with E-state index in [0.29, 0.717) is 24.3 Å². The molecule has 0 saturated carbocycles. The number of anilines is 1. The molecule has 0 aliphatic carbocycles. The third-order valence-electron chi connectivity index (χ3n) is 4.80. The molecule has 1 atom stereocenters. The first-order valence-electron chi connectivity index (χ1n) is 8.78. The van der Waals surface area contributed by atoms with Crippen LogP contribution in [0.3, 0.4) is 0 Å². The lowest BCUT2D eigenvalue weighted by Gasteiger charge is -2.18. The van der Waals surface area contributed by atoms with Gasteiger partial charge in [-0.05, 0) is 48.7 Å². The number of nitrogen functional groups attached to an aromatic ring is 1. The van der Waals surface area contributed by atoms with Crippen LogP contribution in [0.2, 0.25) is 0 Å². The fourth-order valence-electron chi connectivity index (χ4n) is 3.30. The largest absolute Gasteiger partial charge is 0.416 e. The van der Waals surface area contributed by atoms with Crippen molar-refractivity contribution in [2.24, 2.45) is 0 Å². The summed E-state index contributed by atoms with van der Waals surface area (Å²) in [6, 6.07) is 10.5. The second-order valence-corrected chi connectivity index (χ2v) is 6.96. The number of halogens is 3. The molecular weight excluding hydrogens is 355 g/mol. The van der Waals surface area contributed by atoms with Crippen molar-refractivity contribution in [1.29, 1.82) is 0 Å². The molecule has 1 amide bonds. The fraction of sp³-hybridized carbons (Fsp3) is 0.350. The number of hydrogen-bond donors (Lipinski definition) is 2. The third-order valence-corrected chi connectivity index (χ3v) is 4.80. The van der Waals surface area contributed by atoms with Gasteiger partial charge in [0.25, 0.3) is 5.91 Å². The monoisotopic (exact) mass is 377 g/mol. The molecule has 0 aromatic heterocycles. The molecule has 1 saturated heterocycles. The first-order chi connectivity index (χ1) is 12.7. The molecule has 1 fully saturated rings. The van der Waals surface area contributed by atoms with Gasteiger partial charge in [0.1, 0.15) is 0 Å². The van der Waals surface area contributed by atoms with Crippen molar-refractivity contribution in [2.75, 3.05) is 18.8 Å². The molecule has 1 heterocycles. The van der Waals surface area contributed by atoms with Gasteiger partial charge in [0.2, 0.25) is 0 Å². The highest BCUT2D eigenvalue weighted by molar-refractivity contribution is 5.96. The lowest BCUT2D eigenvalue weighted by Crippen LogP contribution is -2.37. The van der Waals surface area contributed by atoms with Crippen LogP contribution in [0.5, 0.6) is 0 Å². The Hall–Kier alpha value is -2.54. The molecule has 27 heavy (non-hydrogen) atoms. The molecule has 0 bridgehead atoms. The number of nitrogens with zero attached hydrogens (tertiary/aromatic N) is 1. The maximum Gasteiger partial charge on any atom is 0.416 e. The Morgan fingerprint density at radius 1 is 1.22 bits per heavy atom. The van der Waals surface area contributed by atoms with Gasteiger partial charge in [0, 0.05) is 36.9 Å². The number of carbonyl (C=O) groups excluding carboxylic acids is 1. The Morgan fingerprint density at radius 3 is 2.59 bits per heavy atom. The summed E-state index contributed by atoms with van der Waals surface area (Å²) in [6.07, 6.45) is -3.52. The van der Waals surface area contributed by atoms with Crippen molar-refractivity contribution in [3.8, 4) is 0 Å². The number of hydrogen-bond acceptors (Lipinski definition) is 3. The molecule has 0 spiro atoms. The van der Waals surface area contributed by atoms with Crippen molar-refractivity contribution in [1.82, 2.24) is 10.2 Å². The van der Waals surface area contributed by atoms with Crippen LogP contribution in [0.25, 0.3) is 0 Å². The third kappa shape index (κ3) is 4.80. The highest BCUT2D eigenvalue weighted by atomic mass is 19.4. The second kappa shape index (κ2) is 7.60. The van der Waals surface area contributed by atoms with Crippen LogP contribution >= 0.6 is 0 Å². The summed E-state index contributed by atoms with van der Waals surface area (Å²) in [7, 11) is 0. The zero-order valence-electron chi connectivity index (χ0n) is 15.0. The number of aryl methyl sites for hydroxylation is 1. The van der Waals surface area contributed by atoms with Crippen molar-refractivity contribution in [3.05, 3.63) is 64.7 Å². The fourth-order valence-corrected chi connectivity index (χ4v) is 3.30. The number of likely N-dealkylation sites (tertiary alicyclic amines) is 1. The number of nitrogens with one attached hydrogen (secondary N) is 1. The van der Waals surface area contributed by atoms with Crippen LogP contribution in [0.1, 0.15) is 33.5 Å². The van der Waals surface area contributed by atoms with Crippen molar-refractivity contribution in [2.45, 2.75) is 32.1 Å². The minimum absolute atomic E-state index is 0.00720. The Bertz CT molecular complexity index is 818. The average Bonchev–Trinajstić information content (AvgIpc) is 3.03. The summed E-state index contributed by atoms with van der Waals surface area (Å²) in [5.74, 6) is -0.152. The van der Waals surface area contributed by atoms with E-state index >= 15 is 0 Å². The lowest BCUT2D eigenvalue weighted by molar-refractivity contribution is -0.137. The highest BCUT2D eigenvalue weighted by Crippen LogP contribution is 2.29. The van der Waals surface area contributed by atoms with Gasteiger partial charge in [-0.3, -0.25) is 9.69 Å². The molecule has 4 nitrogen and oxygen atoms in total. The van der Waals surface area contributed by atoms with Gasteiger partial charge < -0.3 is 11.1 Å². The molecular formula is C20H22F3N3O. The molecule has 3 rings (SSSR count). The quantitative estimate of drug-likeness (QED) is 0.801. The normalized spacial score (nSPS) is 17.9. The van der Waals surface area contributed by atoms with Crippen LogP contribution in [-0.4, -0.2) is 29.9 Å². The smallest absolute Gasteiger partial charge is 0.399 e. The maximum absolute atomic E-state index is 12.6. The Balaban J connectivity index is 1.56. The van der Waals surface area contributed by atoms with Gasteiger partial charge in [0.05, 0.1) is 5.56 Å². The van der Waals surface area contributed by atoms with Gasteiger partial charge in [0.15, 0.2) is 0 Å². The van der Waals surface area contributed by atoms with Gasteiger partial charge in [-0.25, -0.2) is 0 Å². The van der Waals surface area contributed by atoms with Crippen molar-refractivity contribution in [3.63, 3.8) is 0 Å². The molecule has 0 radical (unpaired) electrons. The van der Waals surface area contributed by atoms with E-state index in [4.69, 9.17) is 5.73 Å². The Morgan fingerprint density at radius 2 is 1.93 bits per heavy atom. The predicted octanol–water partition coefficient (Wildman–Crippen LogP) is 3.60. The highest BCUT2D eigenvalue weighted by Gasteiger charge is 2.30. The summed E-state index contributed by atoms with van der Waals surface area (Å²) < 4.78 is 37.9. The first kappa shape index (κ1) is 19.2. The molecule has 3 N–H and O–H groups in total. The molecule has 1 aliphatic rings. The van der Waals surface area contributed by atoms with E-state index in [2.05, 4.69) is 10.2 Å². The van der Waals surface area contributed by atoms with Crippen molar-refractivity contribution >= 4 is 11.6 Å². The number of carbonyl (C=O) groups is 1. The summed E-state index contributed by atoms with van der Waals surface area (Å²) in [5.41, 5.74) is 7.91. The summed E-state index contributed by atoms with van der Waals surface area (Å²) in [4.78, 5) is 14.6. The second-order valence-electron chi connectivity index (χ2n) is 6.96. The van der Waals surface area contributed by atoms with Gasteiger partial charge in [-0.2, -0.15) is 13.2 Å². The standard InChI is InChI=1S/C20H22F3N3O/c1-13-2-7-16(24)10-18(13)19(27)25-17-8-9-26(12-17)11-14-3-5-15(6-4-14)20(21,22)23/h2-7,10,17H,8-9,11-12,24H2,1H3,(H,25,27). The van der Waals surface area contributed by atoms with Gasteiger partial charge in [-0.15, -0.1) is 0 Å². The summed E-state index contributed by atoms with van der Waals surface area (Å²) >= 11 is 0. The Labute approximate surface area is 156 Å². The number of alkyl halides is 3. The number of benzene rings is 2. The average molecular weight is 377 g/mol. The lowest BCUT2D eigenvalue weighted by atomic mass is 10.1. The van der Waals surface area contributed by atoms with Crippen molar-refractivity contribution < 1.29 is 18.0 Å². The van der Waals surface area contributed by atoms with Gasteiger partial charge >= 0.3 is 6.18 Å². The van der Waals surface area contributed by atoms with E-state index in [1.807, 2.05) is 13.0 Å². The minimum Gasteiger partial charge on any atom is -0.399 e. The predicted molar refractivity (Wildman–Crippen MR) is 98.2 cm³/mol. The summed E-state index contributed by atoms with van der Waals surface area (Å²) in [5, 5.41) is 3.02. The molecule has 1 unspecified atom stereocenters. The summed E-state index contributed by atoms with van der Waals surface area (Å²) in [6.45, 7) is 3.86. The van der Waals surface area contributed by atoms with E-state index in [9.17, 15) is 18.0 Å². The molecule has 144 valence electrons. The van der Waals surface area contributed by atoms with E-state index in [1.54, 1.807) is 12.1 Å². The van der Waals surface area contributed by atoms with E-state index in [0.717, 1.165) is 36.2 Å². The van der Waals surface area contributed by atoms with Crippen LogP contribution < -0.4 is 11.1 Å². The van der Waals surface area contributed by atoms with E-state index in [-0.39, 0.29) is 11.9 Å². The van der Waals surface area contributed by atoms with Crippen LogP contribution in [0.4, 0.5) is 18.9 Å². The number of amides is 1. The van der Waals surface area contributed by atoms with E-state index < -0.39 is 11.7 Å². The molecule has 7 heteroatoms. The van der Waals surface area contributed by atoms with Crippen LogP contribution in [0, 0.1) is 6.92 Å². The number of rotatable bonds is 4. The number of nitrogens with two attached hydrogens (primary N) is 1. The topological polar surface area (TPSA) is 58.4 Å². The van der Waals surface area contributed by atoms with Crippen LogP contribution in [0.15, 0.2) is 42.5 Å². The zero-order valence-corrected chi connectivity index (χ0v) is 15.0. The SMILES string of the molecule is Cc1ccc(N)cc1C(=O)NC1CCN(Cc2ccc(C(F)(F)F)cc2)C1. The molecule has 2 aromatic carbocycles. The molecule has 1 aliphatic heterocycles. The molecule has 2 aromatic rings. The van der Waals surface area contributed by atoms with Gasteiger partial charge in [-0.1, -0.05) is 18.2 Å². The van der Waals surface area contributed by atoms with Crippen LogP contribution in [-0.2, 0) is 12.7 Å². The van der Waals surface area contributed by atoms with E-state index in [1.165, 1.54) is 12.1 Å².